The predicted octanol–water partition coefficient (Wildman–Crippen LogP) is 2.83. The van der Waals surface area contributed by atoms with Crippen LogP contribution in [-0.2, 0) is 0 Å². The van der Waals surface area contributed by atoms with Crippen LogP contribution in [0, 0.1) is 11.8 Å². The van der Waals surface area contributed by atoms with E-state index in [1.807, 2.05) is 0 Å². The fraction of sp³-hybridized carbons (Fsp3) is 0.818. The van der Waals surface area contributed by atoms with Crippen LogP contribution in [-0.4, -0.2) is 13.1 Å². The van der Waals surface area contributed by atoms with Crippen LogP contribution in [0.1, 0.15) is 34.6 Å². The second kappa shape index (κ2) is 6.24. The summed E-state index contributed by atoms with van der Waals surface area (Å²) in [4.78, 5) is 0. The van der Waals surface area contributed by atoms with Crippen molar-refractivity contribution >= 4 is 0 Å². The van der Waals surface area contributed by atoms with E-state index in [-0.39, 0.29) is 0 Å². The normalized spacial score (nSPS) is 13.2. The molecular formula is C11H23N. The first-order chi connectivity index (χ1) is 5.54. The van der Waals surface area contributed by atoms with Gasteiger partial charge in [-0.15, -0.1) is 0 Å². The maximum Gasteiger partial charge on any atom is 0.0137 e. The van der Waals surface area contributed by atoms with Crippen molar-refractivity contribution in [2.24, 2.45) is 11.8 Å². The lowest BCUT2D eigenvalue weighted by molar-refractivity contribution is 0.400. The molecule has 0 saturated heterocycles. The molecule has 0 spiro atoms. The average Bonchev–Trinajstić information content (AvgIpc) is 1.97. The topological polar surface area (TPSA) is 12.0 Å². The molecule has 0 bridgehead atoms. The zero-order chi connectivity index (χ0) is 9.56. The first kappa shape index (κ1) is 11.7. The molecule has 0 aliphatic heterocycles. The summed E-state index contributed by atoms with van der Waals surface area (Å²) in [5.74, 6) is 1.56. The first-order valence-corrected chi connectivity index (χ1v) is 4.88. The molecule has 0 aliphatic rings. The van der Waals surface area contributed by atoms with Gasteiger partial charge >= 0.3 is 0 Å². The van der Waals surface area contributed by atoms with Crippen LogP contribution in [0.25, 0.3) is 0 Å². The highest BCUT2D eigenvalue weighted by molar-refractivity contribution is 4.94. The Hall–Kier alpha value is -0.300. The van der Waals surface area contributed by atoms with E-state index in [1.54, 1.807) is 0 Å². The zero-order valence-electron chi connectivity index (χ0n) is 9.15. The summed E-state index contributed by atoms with van der Waals surface area (Å²) in [7, 11) is 0. The predicted molar refractivity (Wildman–Crippen MR) is 56.3 cm³/mol. The summed E-state index contributed by atoms with van der Waals surface area (Å²) in [6.45, 7) is 13.2. The quantitative estimate of drug-likeness (QED) is 0.493. The number of rotatable bonds is 5. The Labute approximate surface area is 77.2 Å². The summed E-state index contributed by atoms with van der Waals surface area (Å²) in [6, 6.07) is 0. The summed E-state index contributed by atoms with van der Waals surface area (Å²) in [5.41, 5.74) is 1.39. The second-order valence-corrected chi connectivity index (χ2v) is 4.16. The van der Waals surface area contributed by atoms with E-state index in [1.165, 1.54) is 5.57 Å². The lowest BCUT2D eigenvalue weighted by atomic mass is 9.98. The van der Waals surface area contributed by atoms with Crippen LogP contribution in [0.5, 0.6) is 0 Å². The molecule has 0 aromatic carbocycles. The highest BCUT2D eigenvalue weighted by Crippen LogP contribution is 2.07. The van der Waals surface area contributed by atoms with Crippen LogP contribution in [0.2, 0.25) is 0 Å². The molecule has 1 atom stereocenters. The number of nitrogens with one attached hydrogen (secondary N) is 1. The standard InChI is InChI=1S/C11H23N/c1-9(2)6-7-12-8-11(5)10(3)4/h6,10-12H,7-8H2,1-5H3. The van der Waals surface area contributed by atoms with Gasteiger partial charge in [-0.05, 0) is 32.2 Å². The molecule has 1 unspecified atom stereocenters. The molecule has 0 rings (SSSR count). The molecular weight excluding hydrogens is 146 g/mol. The minimum Gasteiger partial charge on any atom is -0.313 e. The van der Waals surface area contributed by atoms with Crippen molar-refractivity contribution in [3.8, 4) is 0 Å². The molecule has 1 nitrogen and oxygen atoms in total. The molecule has 1 heteroatoms. The summed E-state index contributed by atoms with van der Waals surface area (Å²) in [5, 5.41) is 3.42. The van der Waals surface area contributed by atoms with Gasteiger partial charge in [-0.2, -0.15) is 0 Å². The highest BCUT2D eigenvalue weighted by Gasteiger charge is 2.04. The molecule has 0 radical (unpaired) electrons. The second-order valence-electron chi connectivity index (χ2n) is 4.16. The largest absolute Gasteiger partial charge is 0.313 e. The fourth-order valence-corrected chi connectivity index (χ4v) is 0.823. The molecule has 0 saturated carbocycles. The molecule has 0 amide bonds. The first-order valence-electron chi connectivity index (χ1n) is 4.88. The average molecular weight is 169 g/mol. The SMILES string of the molecule is CC(C)=CCNCC(C)C(C)C. The third kappa shape index (κ3) is 6.41. The molecule has 0 heterocycles. The van der Waals surface area contributed by atoms with Gasteiger partial charge in [0, 0.05) is 6.54 Å². The molecule has 0 aliphatic carbocycles. The van der Waals surface area contributed by atoms with Gasteiger partial charge in [-0.25, -0.2) is 0 Å². The summed E-state index contributed by atoms with van der Waals surface area (Å²) < 4.78 is 0. The van der Waals surface area contributed by atoms with E-state index in [0.29, 0.717) is 0 Å². The van der Waals surface area contributed by atoms with Gasteiger partial charge in [0.2, 0.25) is 0 Å². The van der Waals surface area contributed by atoms with Gasteiger partial charge in [0.1, 0.15) is 0 Å². The maximum atomic E-state index is 3.42. The lowest BCUT2D eigenvalue weighted by Crippen LogP contribution is -2.24. The van der Waals surface area contributed by atoms with Gasteiger partial charge in [-0.3, -0.25) is 0 Å². The Morgan fingerprint density at radius 3 is 2.25 bits per heavy atom. The zero-order valence-corrected chi connectivity index (χ0v) is 9.15. The lowest BCUT2D eigenvalue weighted by Gasteiger charge is -2.15. The summed E-state index contributed by atoms with van der Waals surface area (Å²) in [6.07, 6.45) is 2.23. The van der Waals surface area contributed by atoms with Gasteiger partial charge in [0.05, 0.1) is 0 Å². The number of allylic oxidation sites excluding steroid dienone is 1. The minimum absolute atomic E-state index is 0.774. The molecule has 0 aromatic heterocycles. The number of hydrogen-bond donors (Lipinski definition) is 1. The van der Waals surface area contributed by atoms with Crippen molar-refractivity contribution in [2.75, 3.05) is 13.1 Å². The van der Waals surface area contributed by atoms with Crippen molar-refractivity contribution in [1.82, 2.24) is 5.32 Å². The Morgan fingerprint density at radius 2 is 1.83 bits per heavy atom. The molecule has 72 valence electrons. The van der Waals surface area contributed by atoms with Crippen LogP contribution in [0.3, 0.4) is 0 Å². The third-order valence-corrected chi connectivity index (χ3v) is 2.26. The van der Waals surface area contributed by atoms with E-state index >= 15 is 0 Å². The Morgan fingerprint density at radius 1 is 1.25 bits per heavy atom. The van der Waals surface area contributed by atoms with Crippen molar-refractivity contribution in [2.45, 2.75) is 34.6 Å². The Kier molecular flexibility index (Phi) is 6.09. The van der Waals surface area contributed by atoms with Crippen LogP contribution >= 0.6 is 0 Å². The summed E-state index contributed by atoms with van der Waals surface area (Å²) >= 11 is 0. The van der Waals surface area contributed by atoms with Crippen molar-refractivity contribution in [3.63, 3.8) is 0 Å². The molecule has 0 fully saturated rings. The van der Waals surface area contributed by atoms with E-state index < -0.39 is 0 Å². The molecule has 0 aromatic rings. The van der Waals surface area contributed by atoms with Gasteiger partial charge in [0.25, 0.3) is 0 Å². The minimum atomic E-state index is 0.774. The maximum absolute atomic E-state index is 3.42. The van der Waals surface area contributed by atoms with E-state index in [0.717, 1.165) is 24.9 Å². The van der Waals surface area contributed by atoms with E-state index in [2.05, 4.69) is 46.0 Å². The Bertz CT molecular complexity index is 132. The van der Waals surface area contributed by atoms with E-state index in [9.17, 15) is 0 Å². The van der Waals surface area contributed by atoms with Crippen molar-refractivity contribution in [3.05, 3.63) is 11.6 Å². The van der Waals surface area contributed by atoms with Gasteiger partial charge in [-0.1, -0.05) is 32.4 Å². The van der Waals surface area contributed by atoms with E-state index in [4.69, 9.17) is 0 Å². The third-order valence-electron chi connectivity index (χ3n) is 2.26. The number of hydrogen-bond acceptors (Lipinski definition) is 1. The van der Waals surface area contributed by atoms with Crippen LogP contribution in [0.15, 0.2) is 11.6 Å². The van der Waals surface area contributed by atoms with Crippen molar-refractivity contribution < 1.29 is 0 Å². The van der Waals surface area contributed by atoms with Gasteiger partial charge < -0.3 is 5.32 Å². The Balaban J connectivity index is 3.38. The van der Waals surface area contributed by atoms with Crippen LogP contribution in [0.4, 0.5) is 0 Å². The smallest absolute Gasteiger partial charge is 0.0137 e. The van der Waals surface area contributed by atoms with Gasteiger partial charge in [0.15, 0.2) is 0 Å². The molecule has 12 heavy (non-hydrogen) atoms. The van der Waals surface area contributed by atoms with Crippen molar-refractivity contribution in [1.29, 1.82) is 0 Å². The fourth-order valence-electron chi connectivity index (χ4n) is 0.823. The monoisotopic (exact) mass is 169 g/mol. The van der Waals surface area contributed by atoms with Crippen LogP contribution < -0.4 is 5.32 Å². The highest BCUT2D eigenvalue weighted by atomic mass is 14.8. The molecule has 1 N–H and O–H groups in total.